The van der Waals surface area contributed by atoms with Crippen LogP contribution in [0.2, 0.25) is 0 Å². The van der Waals surface area contributed by atoms with Gasteiger partial charge in [-0.1, -0.05) is 30.8 Å². The van der Waals surface area contributed by atoms with E-state index in [4.69, 9.17) is 5.14 Å². The standard InChI is InChI=1S/C18H27N5O3S2/c1-14-12-21-18(27-14)23-10-8-22(9-11-23)13-17(24)20-7-6-15-2-4-16(5-3-15)28(19,25)26/h2-5,14H,6-13H2,1H3,(H,20,24)(H2,19,25,26). The van der Waals surface area contributed by atoms with Gasteiger partial charge in [-0.25, -0.2) is 13.6 Å². The molecule has 2 heterocycles. The maximum Gasteiger partial charge on any atom is 0.238 e. The van der Waals surface area contributed by atoms with Gasteiger partial charge in [0.1, 0.15) is 0 Å². The number of benzene rings is 1. The Balaban J connectivity index is 1.35. The topological polar surface area (TPSA) is 108 Å². The number of carbonyl (C=O) groups excluding carboxylic acids is 1. The summed E-state index contributed by atoms with van der Waals surface area (Å²) in [5.41, 5.74) is 0.949. The molecule has 0 bridgehead atoms. The van der Waals surface area contributed by atoms with Crippen molar-refractivity contribution in [3.05, 3.63) is 29.8 Å². The highest BCUT2D eigenvalue weighted by Gasteiger charge is 2.25. The molecule has 0 saturated carbocycles. The van der Waals surface area contributed by atoms with Crippen LogP contribution in [0, 0.1) is 0 Å². The Morgan fingerprint density at radius 1 is 1.25 bits per heavy atom. The highest BCUT2D eigenvalue weighted by molar-refractivity contribution is 8.14. The minimum absolute atomic E-state index is 0.0100. The monoisotopic (exact) mass is 425 g/mol. The summed E-state index contributed by atoms with van der Waals surface area (Å²) in [4.78, 5) is 21.3. The SMILES string of the molecule is CC1CN=C(N2CCN(CC(=O)NCCc3ccc(S(N)(=O)=O)cc3)CC2)S1. The lowest BCUT2D eigenvalue weighted by molar-refractivity contribution is -0.122. The number of carbonyl (C=O) groups is 1. The number of piperazine rings is 1. The maximum absolute atomic E-state index is 12.2. The van der Waals surface area contributed by atoms with Crippen molar-refractivity contribution in [2.75, 3.05) is 45.8 Å². The van der Waals surface area contributed by atoms with Crippen LogP contribution in [0.5, 0.6) is 0 Å². The third kappa shape index (κ3) is 5.94. The minimum Gasteiger partial charge on any atom is -0.355 e. The summed E-state index contributed by atoms with van der Waals surface area (Å²) in [6, 6.07) is 6.41. The third-order valence-corrected chi connectivity index (χ3v) is 6.87. The summed E-state index contributed by atoms with van der Waals surface area (Å²) in [7, 11) is -3.67. The molecule has 154 valence electrons. The second kappa shape index (κ2) is 9.25. The summed E-state index contributed by atoms with van der Waals surface area (Å²) in [5.74, 6) is 0.0100. The lowest BCUT2D eigenvalue weighted by atomic mass is 10.1. The van der Waals surface area contributed by atoms with Crippen LogP contribution in [0.25, 0.3) is 0 Å². The number of primary sulfonamides is 1. The number of amidine groups is 1. The number of nitrogens with one attached hydrogen (secondary N) is 1. The summed E-state index contributed by atoms with van der Waals surface area (Å²) >= 11 is 1.84. The Morgan fingerprint density at radius 3 is 2.50 bits per heavy atom. The van der Waals surface area contributed by atoms with E-state index in [1.807, 2.05) is 11.8 Å². The van der Waals surface area contributed by atoms with Crippen LogP contribution in [0.1, 0.15) is 12.5 Å². The summed E-state index contributed by atoms with van der Waals surface area (Å²) < 4.78 is 22.5. The predicted octanol–water partition coefficient (Wildman–Crippen LogP) is 0.102. The Hall–Kier alpha value is -1.62. The molecule has 2 aliphatic rings. The lowest BCUT2D eigenvalue weighted by Crippen LogP contribution is -2.50. The molecule has 0 aromatic heterocycles. The van der Waals surface area contributed by atoms with Crippen LogP contribution in [0.15, 0.2) is 34.2 Å². The van der Waals surface area contributed by atoms with Gasteiger partial charge in [0.05, 0.1) is 18.0 Å². The van der Waals surface area contributed by atoms with E-state index in [1.54, 1.807) is 12.1 Å². The molecule has 3 rings (SSSR count). The average molecular weight is 426 g/mol. The molecule has 0 radical (unpaired) electrons. The minimum atomic E-state index is -3.67. The quantitative estimate of drug-likeness (QED) is 0.669. The van der Waals surface area contributed by atoms with Crippen molar-refractivity contribution in [2.45, 2.75) is 23.5 Å². The fourth-order valence-electron chi connectivity index (χ4n) is 3.18. The van der Waals surface area contributed by atoms with Crippen LogP contribution in [0.3, 0.4) is 0 Å². The van der Waals surface area contributed by atoms with E-state index in [2.05, 4.69) is 27.0 Å². The van der Waals surface area contributed by atoms with Gasteiger partial charge in [0.2, 0.25) is 15.9 Å². The zero-order valence-corrected chi connectivity index (χ0v) is 17.6. The molecule has 0 aliphatic carbocycles. The van der Waals surface area contributed by atoms with E-state index in [0.717, 1.165) is 43.5 Å². The van der Waals surface area contributed by atoms with Gasteiger partial charge in [-0.3, -0.25) is 14.7 Å². The number of nitrogens with two attached hydrogens (primary N) is 1. The van der Waals surface area contributed by atoms with Crippen molar-refractivity contribution in [3.8, 4) is 0 Å². The normalized spacial score (nSPS) is 20.9. The first-order valence-electron chi connectivity index (χ1n) is 9.38. The van der Waals surface area contributed by atoms with E-state index >= 15 is 0 Å². The van der Waals surface area contributed by atoms with Gasteiger partial charge in [-0.15, -0.1) is 0 Å². The molecule has 1 aromatic carbocycles. The van der Waals surface area contributed by atoms with Gasteiger partial charge in [-0.2, -0.15) is 0 Å². The Bertz CT molecular complexity index is 818. The number of nitrogens with zero attached hydrogens (tertiary/aromatic N) is 3. The van der Waals surface area contributed by atoms with Crippen molar-refractivity contribution < 1.29 is 13.2 Å². The predicted molar refractivity (Wildman–Crippen MR) is 112 cm³/mol. The number of thioether (sulfide) groups is 1. The maximum atomic E-state index is 12.2. The van der Waals surface area contributed by atoms with E-state index in [0.29, 0.717) is 24.8 Å². The number of sulfonamides is 1. The first kappa shape index (κ1) is 21.1. The molecular formula is C18H27N5O3S2. The zero-order valence-electron chi connectivity index (χ0n) is 16.0. The van der Waals surface area contributed by atoms with Gasteiger partial charge in [-0.05, 0) is 24.1 Å². The van der Waals surface area contributed by atoms with Crippen LogP contribution >= 0.6 is 11.8 Å². The molecule has 1 amide bonds. The van der Waals surface area contributed by atoms with Crippen molar-refractivity contribution in [3.63, 3.8) is 0 Å². The molecular weight excluding hydrogens is 398 g/mol. The third-order valence-electron chi connectivity index (χ3n) is 4.79. The highest BCUT2D eigenvalue weighted by atomic mass is 32.2. The first-order chi connectivity index (χ1) is 13.3. The molecule has 1 unspecified atom stereocenters. The molecule has 1 aromatic rings. The van der Waals surface area contributed by atoms with Crippen LogP contribution in [-0.4, -0.2) is 80.4 Å². The van der Waals surface area contributed by atoms with Crippen molar-refractivity contribution in [2.24, 2.45) is 10.1 Å². The van der Waals surface area contributed by atoms with E-state index in [1.165, 1.54) is 12.1 Å². The van der Waals surface area contributed by atoms with E-state index in [9.17, 15) is 13.2 Å². The Morgan fingerprint density at radius 2 is 1.93 bits per heavy atom. The van der Waals surface area contributed by atoms with Gasteiger partial charge >= 0.3 is 0 Å². The number of hydrogen-bond acceptors (Lipinski definition) is 7. The van der Waals surface area contributed by atoms with Crippen LogP contribution in [-0.2, 0) is 21.2 Å². The second-order valence-corrected chi connectivity index (χ2v) is 10.1. The molecule has 28 heavy (non-hydrogen) atoms. The fraction of sp³-hybridized carbons (Fsp3) is 0.556. The zero-order chi connectivity index (χ0) is 20.1. The van der Waals surface area contributed by atoms with Gasteiger partial charge in [0, 0.05) is 38.0 Å². The molecule has 1 atom stereocenters. The lowest BCUT2D eigenvalue weighted by Gasteiger charge is -2.35. The van der Waals surface area contributed by atoms with Crippen molar-refractivity contribution in [1.82, 2.24) is 15.1 Å². The Labute approximate surface area is 170 Å². The fourth-order valence-corrected chi connectivity index (χ4v) is 4.69. The highest BCUT2D eigenvalue weighted by Crippen LogP contribution is 2.23. The number of rotatable bonds is 6. The van der Waals surface area contributed by atoms with Crippen LogP contribution < -0.4 is 10.5 Å². The Kier molecular flexibility index (Phi) is 6.97. The molecule has 10 heteroatoms. The van der Waals surface area contributed by atoms with Crippen molar-refractivity contribution >= 4 is 32.9 Å². The molecule has 0 spiro atoms. The number of amides is 1. The van der Waals surface area contributed by atoms with E-state index < -0.39 is 10.0 Å². The molecule has 1 fully saturated rings. The summed E-state index contributed by atoms with van der Waals surface area (Å²) in [6.45, 7) is 7.52. The average Bonchev–Trinajstić information content (AvgIpc) is 3.08. The molecule has 1 saturated heterocycles. The molecule has 8 nitrogen and oxygen atoms in total. The second-order valence-electron chi connectivity index (χ2n) is 7.10. The molecule has 2 aliphatic heterocycles. The number of hydrogen-bond donors (Lipinski definition) is 2. The van der Waals surface area contributed by atoms with Crippen molar-refractivity contribution in [1.29, 1.82) is 0 Å². The van der Waals surface area contributed by atoms with Crippen LogP contribution in [0.4, 0.5) is 0 Å². The van der Waals surface area contributed by atoms with Gasteiger partial charge in [0.15, 0.2) is 5.17 Å². The number of aliphatic imine (C=N–C) groups is 1. The summed E-state index contributed by atoms with van der Waals surface area (Å²) in [6.07, 6.45) is 0.639. The van der Waals surface area contributed by atoms with Gasteiger partial charge < -0.3 is 10.2 Å². The van der Waals surface area contributed by atoms with E-state index in [-0.39, 0.29) is 10.8 Å². The largest absolute Gasteiger partial charge is 0.355 e. The molecule has 3 N–H and O–H groups in total. The summed E-state index contributed by atoms with van der Waals surface area (Å²) in [5, 5.41) is 9.72. The first-order valence-corrected chi connectivity index (χ1v) is 11.8. The van der Waals surface area contributed by atoms with Gasteiger partial charge in [0.25, 0.3) is 0 Å². The smallest absolute Gasteiger partial charge is 0.238 e.